The SMILES string of the molecule is O=C1NCC(CN2CCCC2C2CCCCC2O)O1. The third-order valence-electron chi connectivity index (χ3n) is 4.88. The number of carbonyl (C=O) groups excluding carboxylic acids is 1. The largest absolute Gasteiger partial charge is 0.443 e. The molecule has 1 aliphatic carbocycles. The Labute approximate surface area is 114 Å². The van der Waals surface area contributed by atoms with Crippen LogP contribution in [0.4, 0.5) is 4.79 Å². The number of cyclic esters (lactones) is 1. The number of amides is 1. The van der Waals surface area contributed by atoms with Crippen LogP contribution in [0.1, 0.15) is 38.5 Å². The molecule has 108 valence electrons. The van der Waals surface area contributed by atoms with Crippen LogP contribution in [0.3, 0.4) is 0 Å². The van der Waals surface area contributed by atoms with E-state index in [2.05, 4.69) is 10.2 Å². The van der Waals surface area contributed by atoms with Gasteiger partial charge < -0.3 is 15.2 Å². The molecule has 0 bridgehead atoms. The maximum atomic E-state index is 11.1. The van der Waals surface area contributed by atoms with E-state index in [0.29, 0.717) is 18.5 Å². The van der Waals surface area contributed by atoms with Gasteiger partial charge >= 0.3 is 6.09 Å². The Bertz CT molecular complexity index is 337. The molecule has 2 aliphatic heterocycles. The monoisotopic (exact) mass is 268 g/mol. The van der Waals surface area contributed by atoms with Crippen LogP contribution in [-0.2, 0) is 4.74 Å². The first-order valence-corrected chi connectivity index (χ1v) is 7.60. The Balaban J connectivity index is 1.59. The highest BCUT2D eigenvalue weighted by Crippen LogP contribution is 2.34. The van der Waals surface area contributed by atoms with Crippen molar-refractivity contribution in [3.8, 4) is 0 Å². The topological polar surface area (TPSA) is 61.8 Å². The van der Waals surface area contributed by atoms with E-state index >= 15 is 0 Å². The lowest BCUT2D eigenvalue weighted by molar-refractivity contribution is 0.0118. The van der Waals surface area contributed by atoms with E-state index in [1.165, 1.54) is 19.3 Å². The Morgan fingerprint density at radius 3 is 2.84 bits per heavy atom. The molecule has 0 aromatic carbocycles. The van der Waals surface area contributed by atoms with Crippen LogP contribution in [0.5, 0.6) is 0 Å². The van der Waals surface area contributed by atoms with E-state index in [1.807, 2.05) is 0 Å². The lowest BCUT2D eigenvalue weighted by Crippen LogP contribution is -2.45. The smallest absolute Gasteiger partial charge is 0.407 e. The minimum absolute atomic E-state index is 0.0196. The highest BCUT2D eigenvalue weighted by molar-refractivity contribution is 5.69. The van der Waals surface area contributed by atoms with E-state index in [9.17, 15) is 9.90 Å². The number of aliphatic hydroxyl groups is 1. The molecule has 5 nitrogen and oxygen atoms in total. The summed E-state index contributed by atoms with van der Waals surface area (Å²) in [6, 6.07) is 0.481. The van der Waals surface area contributed by atoms with Gasteiger partial charge in [0.1, 0.15) is 6.10 Å². The molecule has 3 fully saturated rings. The van der Waals surface area contributed by atoms with Crippen LogP contribution in [-0.4, -0.2) is 54.0 Å². The second-order valence-electron chi connectivity index (χ2n) is 6.13. The van der Waals surface area contributed by atoms with Gasteiger partial charge in [-0.05, 0) is 32.2 Å². The summed E-state index contributed by atoms with van der Waals surface area (Å²) in [4.78, 5) is 13.5. The average Bonchev–Trinajstić information content (AvgIpc) is 3.00. The van der Waals surface area contributed by atoms with Crippen molar-refractivity contribution < 1.29 is 14.6 Å². The van der Waals surface area contributed by atoms with Crippen molar-refractivity contribution in [2.24, 2.45) is 5.92 Å². The van der Waals surface area contributed by atoms with Gasteiger partial charge in [-0.1, -0.05) is 12.8 Å². The summed E-state index contributed by atoms with van der Waals surface area (Å²) in [7, 11) is 0. The predicted octanol–water partition coefficient (Wildman–Crippen LogP) is 1.11. The van der Waals surface area contributed by atoms with Crippen molar-refractivity contribution >= 4 is 6.09 Å². The first-order chi connectivity index (χ1) is 9.24. The van der Waals surface area contributed by atoms with Crippen molar-refractivity contribution in [1.29, 1.82) is 0 Å². The Hall–Kier alpha value is -0.810. The quantitative estimate of drug-likeness (QED) is 0.805. The molecule has 0 aromatic heterocycles. The van der Waals surface area contributed by atoms with Gasteiger partial charge in [-0.25, -0.2) is 4.79 Å². The normalized spacial score (nSPS) is 40.2. The zero-order valence-electron chi connectivity index (χ0n) is 11.4. The number of hydrogen-bond acceptors (Lipinski definition) is 4. The molecule has 2 saturated heterocycles. The van der Waals surface area contributed by atoms with Crippen LogP contribution >= 0.6 is 0 Å². The molecule has 4 atom stereocenters. The predicted molar refractivity (Wildman–Crippen MR) is 70.8 cm³/mol. The summed E-state index contributed by atoms with van der Waals surface area (Å²) in [5, 5.41) is 12.9. The third kappa shape index (κ3) is 2.87. The number of aliphatic hydroxyl groups excluding tert-OH is 1. The number of ether oxygens (including phenoxy) is 1. The summed E-state index contributed by atoms with van der Waals surface area (Å²) in [5.74, 6) is 0.418. The summed E-state index contributed by atoms with van der Waals surface area (Å²) in [6.07, 6.45) is 6.43. The van der Waals surface area contributed by atoms with Crippen molar-refractivity contribution in [3.63, 3.8) is 0 Å². The number of rotatable bonds is 3. The summed E-state index contributed by atoms with van der Waals surface area (Å²) < 4.78 is 5.23. The molecule has 2 N–H and O–H groups in total. The molecular weight excluding hydrogens is 244 g/mol. The van der Waals surface area contributed by atoms with E-state index in [4.69, 9.17) is 4.74 Å². The van der Waals surface area contributed by atoms with Crippen LogP contribution in [0.2, 0.25) is 0 Å². The Morgan fingerprint density at radius 2 is 2.11 bits per heavy atom. The molecule has 0 spiro atoms. The minimum atomic E-state index is -0.293. The molecule has 0 aromatic rings. The van der Waals surface area contributed by atoms with E-state index in [1.54, 1.807) is 0 Å². The fourth-order valence-corrected chi connectivity index (χ4v) is 3.95. The molecule has 3 aliphatic rings. The number of carbonyl (C=O) groups is 1. The molecular formula is C14H24N2O3. The third-order valence-corrected chi connectivity index (χ3v) is 4.88. The van der Waals surface area contributed by atoms with Crippen molar-refractivity contribution in [2.45, 2.75) is 56.8 Å². The van der Waals surface area contributed by atoms with Crippen molar-refractivity contribution in [2.75, 3.05) is 19.6 Å². The van der Waals surface area contributed by atoms with Gasteiger partial charge in [-0.15, -0.1) is 0 Å². The van der Waals surface area contributed by atoms with E-state index in [-0.39, 0.29) is 18.3 Å². The van der Waals surface area contributed by atoms with Gasteiger partial charge in [0.15, 0.2) is 0 Å². The van der Waals surface area contributed by atoms with Crippen LogP contribution in [0.25, 0.3) is 0 Å². The van der Waals surface area contributed by atoms with Crippen molar-refractivity contribution in [1.82, 2.24) is 10.2 Å². The molecule has 5 heteroatoms. The summed E-state index contributed by atoms with van der Waals surface area (Å²) >= 11 is 0. The second kappa shape index (κ2) is 5.67. The maximum absolute atomic E-state index is 11.1. The molecule has 1 amide bonds. The Morgan fingerprint density at radius 1 is 1.26 bits per heavy atom. The molecule has 3 rings (SSSR count). The fourth-order valence-electron chi connectivity index (χ4n) is 3.95. The molecule has 19 heavy (non-hydrogen) atoms. The summed E-state index contributed by atoms with van der Waals surface area (Å²) in [5.41, 5.74) is 0. The molecule has 0 radical (unpaired) electrons. The zero-order chi connectivity index (χ0) is 13.2. The molecule has 2 heterocycles. The van der Waals surface area contributed by atoms with Gasteiger partial charge in [0.25, 0.3) is 0 Å². The minimum Gasteiger partial charge on any atom is -0.443 e. The van der Waals surface area contributed by atoms with Crippen LogP contribution < -0.4 is 5.32 Å². The standard InChI is InChI=1S/C14H24N2O3/c17-13-6-2-1-4-11(13)12-5-3-7-16(12)9-10-8-15-14(18)19-10/h10-13,17H,1-9H2,(H,15,18). The average molecular weight is 268 g/mol. The van der Waals surface area contributed by atoms with E-state index in [0.717, 1.165) is 32.4 Å². The highest BCUT2D eigenvalue weighted by Gasteiger charge is 2.38. The van der Waals surface area contributed by atoms with Gasteiger partial charge in [0.05, 0.1) is 12.6 Å². The number of alkyl carbamates (subject to hydrolysis) is 1. The van der Waals surface area contributed by atoms with Crippen molar-refractivity contribution in [3.05, 3.63) is 0 Å². The number of hydrogen-bond donors (Lipinski definition) is 2. The summed E-state index contributed by atoms with van der Waals surface area (Å²) in [6.45, 7) is 2.50. The van der Waals surface area contributed by atoms with Crippen LogP contribution in [0.15, 0.2) is 0 Å². The number of likely N-dealkylation sites (tertiary alicyclic amines) is 1. The van der Waals surface area contributed by atoms with Gasteiger partial charge in [-0.2, -0.15) is 0 Å². The van der Waals surface area contributed by atoms with Gasteiger partial charge in [0.2, 0.25) is 0 Å². The van der Waals surface area contributed by atoms with Gasteiger partial charge in [0, 0.05) is 18.5 Å². The number of nitrogens with zero attached hydrogens (tertiary/aromatic N) is 1. The lowest BCUT2D eigenvalue weighted by atomic mass is 9.80. The number of nitrogens with one attached hydrogen (secondary N) is 1. The lowest BCUT2D eigenvalue weighted by Gasteiger charge is -2.37. The van der Waals surface area contributed by atoms with Crippen LogP contribution in [0, 0.1) is 5.92 Å². The second-order valence-corrected chi connectivity index (χ2v) is 6.13. The van der Waals surface area contributed by atoms with E-state index < -0.39 is 0 Å². The molecule has 4 unspecified atom stereocenters. The highest BCUT2D eigenvalue weighted by atomic mass is 16.6. The Kier molecular flexibility index (Phi) is 3.93. The zero-order valence-corrected chi connectivity index (χ0v) is 11.4. The first kappa shape index (κ1) is 13.2. The maximum Gasteiger partial charge on any atom is 0.407 e. The fraction of sp³-hybridized carbons (Fsp3) is 0.929. The molecule has 1 saturated carbocycles. The van der Waals surface area contributed by atoms with Gasteiger partial charge in [-0.3, -0.25) is 4.90 Å². The first-order valence-electron chi connectivity index (χ1n) is 7.60.